The average Bonchev–Trinajstić information content (AvgIpc) is 2.51. The number of nitrogens with zero attached hydrogens (tertiary/aromatic N) is 1. The van der Waals surface area contributed by atoms with E-state index in [1.807, 2.05) is 30.3 Å². The van der Waals surface area contributed by atoms with Crippen LogP contribution in [0.15, 0.2) is 57.9 Å². The van der Waals surface area contributed by atoms with Gasteiger partial charge in [-0.25, -0.2) is 0 Å². The molecule has 0 aliphatic heterocycles. The Labute approximate surface area is 135 Å². The fourth-order valence-corrected chi connectivity index (χ4v) is 3.42. The molecule has 108 valence electrons. The lowest BCUT2D eigenvalue weighted by Gasteiger charge is -2.06. The van der Waals surface area contributed by atoms with Crippen LogP contribution in [-0.2, 0) is 10.8 Å². The van der Waals surface area contributed by atoms with Crippen molar-refractivity contribution in [2.75, 3.05) is 12.4 Å². The van der Waals surface area contributed by atoms with E-state index < -0.39 is 10.8 Å². The van der Waals surface area contributed by atoms with Gasteiger partial charge in [-0.05, 0) is 42.8 Å². The topological polar surface area (TPSA) is 50.1 Å². The molecule has 0 bridgehead atoms. The smallest absolute Gasteiger partial charge is 0.120 e. The summed E-state index contributed by atoms with van der Waals surface area (Å²) in [6, 6.07) is 16.6. The first-order valence-electron chi connectivity index (χ1n) is 6.46. The number of rotatable bonds is 6. The molecule has 0 aromatic heterocycles. The summed E-state index contributed by atoms with van der Waals surface area (Å²) in [4.78, 5) is 0.816. The molecule has 0 amide bonds. The highest BCUT2D eigenvalue weighted by Crippen LogP contribution is 2.16. The van der Waals surface area contributed by atoms with E-state index in [0.717, 1.165) is 9.37 Å². The van der Waals surface area contributed by atoms with Gasteiger partial charge in [0.25, 0.3) is 0 Å². The van der Waals surface area contributed by atoms with Crippen LogP contribution in [0.5, 0.6) is 5.75 Å². The fraction of sp³-hybridized carbons (Fsp3) is 0.188. The third kappa shape index (κ3) is 5.00. The summed E-state index contributed by atoms with van der Waals surface area (Å²) in [7, 11) is -1.02. The van der Waals surface area contributed by atoms with Crippen molar-refractivity contribution in [2.24, 2.45) is 0 Å². The monoisotopic (exact) mass is 363 g/mol. The Kier molecular flexibility index (Phi) is 5.97. The maximum Gasteiger partial charge on any atom is 0.120 e. The van der Waals surface area contributed by atoms with Crippen LogP contribution in [0.1, 0.15) is 12.0 Å². The van der Waals surface area contributed by atoms with Crippen LogP contribution in [0.4, 0.5) is 0 Å². The van der Waals surface area contributed by atoms with E-state index in [1.165, 1.54) is 0 Å². The maximum atomic E-state index is 12.1. The lowest BCUT2D eigenvalue weighted by molar-refractivity contribution is 0.318. The summed E-state index contributed by atoms with van der Waals surface area (Å²) in [6.07, 6.45) is 0.690. The molecule has 3 nitrogen and oxygen atoms in total. The van der Waals surface area contributed by atoms with Crippen LogP contribution in [0.3, 0.4) is 0 Å². The predicted molar refractivity (Wildman–Crippen MR) is 86.7 cm³/mol. The van der Waals surface area contributed by atoms with Crippen LogP contribution in [0.2, 0.25) is 0 Å². The summed E-state index contributed by atoms with van der Waals surface area (Å²) in [5.41, 5.74) is 0.574. The molecule has 5 heteroatoms. The Morgan fingerprint density at radius 1 is 1.19 bits per heavy atom. The van der Waals surface area contributed by atoms with Gasteiger partial charge in [-0.1, -0.05) is 28.1 Å². The molecule has 21 heavy (non-hydrogen) atoms. The molecule has 0 aliphatic rings. The first-order chi connectivity index (χ1) is 10.2. The van der Waals surface area contributed by atoms with Crippen molar-refractivity contribution in [3.05, 3.63) is 58.6 Å². The number of halogens is 1. The highest BCUT2D eigenvalue weighted by atomic mass is 79.9. The highest BCUT2D eigenvalue weighted by molar-refractivity contribution is 9.10. The van der Waals surface area contributed by atoms with Gasteiger partial charge in [0.2, 0.25) is 0 Å². The Morgan fingerprint density at radius 3 is 2.76 bits per heavy atom. The zero-order chi connectivity index (χ0) is 15.1. The van der Waals surface area contributed by atoms with Gasteiger partial charge in [0.15, 0.2) is 0 Å². The minimum absolute atomic E-state index is 0.481. The van der Waals surface area contributed by atoms with Gasteiger partial charge in [-0.3, -0.25) is 4.21 Å². The van der Waals surface area contributed by atoms with Crippen molar-refractivity contribution in [1.29, 1.82) is 5.26 Å². The second-order valence-corrected chi connectivity index (χ2v) is 6.84. The molecule has 0 saturated carbocycles. The number of nitriles is 1. The van der Waals surface area contributed by atoms with E-state index >= 15 is 0 Å². The van der Waals surface area contributed by atoms with Crippen molar-refractivity contribution in [3.63, 3.8) is 0 Å². The van der Waals surface area contributed by atoms with Gasteiger partial charge < -0.3 is 4.74 Å². The Hall–Kier alpha value is -1.64. The number of hydrogen-bond acceptors (Lipinski definition) is 3. The third-order valence-corrected chi connectivity index (χ3v) is 4.70. The van der Waals surface area contributed by atoms with Gasteiger partial charge in [0.05, 0.1) is 29.0 Å². The van der Waals surface area contributed by atoms with Gasteiger partial charge in [-0.15, -0.1) is 0 Å². The highest BCUT2D eigenvalue weighted by Gasteiger charge is 2.04. The fourth-order valence-electron chi connectivity index (χ4n) is 1.76. The van der Waals surface area contributed by atoms with Crippen LogP contribution in [0, 0.1) is 11.3 Å². The summed E-state index contributed by atoms with van der Waals surface area (Å²) < 4.78 is 18.6. The zero-order valence-corrected chi connectivity index (χ0v) is 13.7. The molecule has 0 heterocycles. The molecule has 0 spiro atoms. The number of hydrogen-bond donors (Lipinski definition) is 0. The second-order valence-electron chi connectivity index (χ2n) is 4.35. The normalized spacial score (nSPS) is 11.6. The summed E-state index contributed by atoms with van der Waals surface area (Å²) in [6.45, 7) is 0.481. The van der Waals surface area contributed by atoms with Gasteiger partial charge in [0.1, 0.15) is 5.75 Å². The van der Waals surface area contributed by atoms with E-state index in [2.05, 4.69) is 22.0 Å². The number of ether oxygens (including phenoxy) is 1. The molecular weight excluding hydrogens is 350 g/mol. The molecule has 0 aliphatic carbocycles. The molecule has 2 rings (SSSR count). The Bertz CT molecular complexity index is 682. The van der Waals surface area contributed by atoms with Crippen LogP contribution < -0.4 is 4.74 Å². The lowest BCUT2D eigenvalue weighted by Crippen LogP contribution is -2.05. The van der Waals surface area contributed by atoms with Crippen molar-refractivity contribution < 1.29 is 8.95 Å². The molecule has 1 unspecified atom stereocenters. The molecule has 0 radical (unpaired) electrons. The van der Waals surface area contributed by atoms with Crippen LogP contribution in [-0.4, -0.2) is 16.6 Å². The molecule has 2 aromatic rings. The van der Waals surface area contributed by atoms with Crippen molar-refractivity contribution in [1.82, 2.24) is 0 Å². The molecule has 0 saturated heterocycles. The standard InChI is InChI=1S/C16H14BrNO2S/c17-14-5-2-7-16(11-14)21(19)9-3-8-20-15-6-1-4-13(10-15)12-18/h1-2,4-7,10-11H,3,8-9H2. The molecule has 0 N–H and O–H groups in total. The lowest BCUT2D eigenvalue weighted by atomic mass is 10.2. The van der Waals surface area contributed by atoms with Crippen molar-refractivity contribution in [3.8, 4) is 11.8 Å². The third-order valence-electron chi connectivity index (χ3n) is 2.76. The van der Waals surface area contributed by atoms with E-state index in [9.17, 15) is 4.21 Å². The zero-order valence-electron chi connectivity index (χ0n) is 11.3. The summed E-state index contributed by atoms with van der Waals surface area (Å²) >= 11 is 3.37. The van der Waals surface area contributed by atoms with E-state index in [4.69, 9.17) is 10.00 Å². The summed E-state index contributed by atoms with van der Waals surface area (Å²) in [5.74, 6) is 1.22. The Balaban J connectivity index is 1.79. The van der Waals surface area contributed by atoms with Crippen molar-refractivity contribution >= 4 is 26.7 Å². The van der Waals surface area contributed by atoms with Crippen molar-refractivity contribution in [2.45, 2.75) is 11.3 Å². The molecular formula is C16H14BrNO2S. The second kappa shape index (κ2) is 7.96. The van der Waals surface area contributed by atoms with E-state index in [1.54, 1.807) is 18.2 Å². The molecule has 1 atom stereocenters. The van der Waals surface area contributed by atoms with E-state index in [0.29, 0.717) is 30.1 Å². The first-order valence-corrected chi connectivity index (χ1v) is 8.57. The van der Waals surface area contributed by atoms with E-state index in [-0.39, 0.29) is 0 Å². The summed E-state index contributed by atoms with van der Waals surface area (Å²) in [5, 5.41) is 8.81. The van der Waals surface area contributed by atoms with Crippen LogP contribution in [0.25, 0.3) is 0 Å². The first kappa shape index (κ1) is 15.7. The number of benzene rings is 2. The predicted octanol–water partition coefficient (Wildman–Crippen LogP) is 3.90. The molecule has 0 fully saturated rings. The SMILES string of the molecule is N#Cc1cccc(OCCCS(=O)c2cccc(Br)c2)c1. The quantitative estimate of drug-likeness (QED) is 0.731. The molecule has 2 aromatic carbocycles. The minimum atomic E-state index is -1.02. The minimum Gasteiger partial charge on any atom is -0.494 e. The van der Waals surface area contributed by atoms with Crippen LogP contribution >= 0.6 is 15.9 Å². The average molecular weight is 364 g/mol. The van der Waals surface area contributed by atoms with Gasteiger partial charge in [0, 0.05) is 15.1 Å². The maximum absolute atomic E-state index is 12.1. The Morgan fingerprint density at radius 2 is 2.00 bits per heavy atom. The largest absolute Gasteiger partial charge is 0.494 e. The van der Waals surface area contributed by atoms with Gasteiger partial charge in [-0.2, -0.15) is 5.26 Å². The van der Waals surface area contributed by atoms with Gasteiger partial charge >= 0.3 is 0 Å².